The summed E-state index contributed by atoms with van der Waals surface area (Å²) in [5.74, 6) is 1.30. The summed E-state index contributed by atoms with van der Waals surface area (Å²) in [5.41, 5.74) is 1.66. The Morgan fingerprint density at radius 2 is 1.72 bits per heavy atom. The van der Waals surface area contributed by atoms with E-state index in [1.165, 1.54) is 0 Å². The Bertz CT molecular complexity index is 872. The van der Waals surface area contributed by atoms with Crippen molar-refractivity contribution in [2.24, 2.45) is 0 Å². The zero-order valence-electron chi connectivity index (χ0n) is 17.8. The van der Waals surface area contributed by atoms with Crippen molar-refractivity contribution in [2.75, 3.05) is 39.8 Å². The molecule has 156 valence electrons. The molecule has 0 N–H and O–H groups in total. The van der Waals surface area contributed by atoms with E-state index in [1.807, 2.05) is 25.7 Å². The number of methoxy groups -OCH3 is 1. The van der Waals surface area contributed by atoms with E-state index in [4.69, 9.17) is 9.26 Å². The summed E-state index contributed by atoms with van der Waals surface area (Å²) in [4.78, 5) is 29.5. The van der Waals surface area contributed by atoms with Gasteiger partial charge in [-0.1, -0.05) is 25.9 Å². The zero-order valence-corrected chi connectivity index (χ0v) is 17.8. The minimum atomic E-state index is -0.268. The second-order valence-electron chi connectivity index (χ2n) is 8.43. The number of nitrogens with zero attached hydrogens (tertiary/aromatic N) is 3. The molecule has 1 aliphatic heterocycles. The van der Waals surface area contributed by atoms with Gasteiger partial charge in [-0.15, -0.1) is 0 Å². The Morgan fingerprint density at radius 3 is 2.28 bits per heavy atom. The summed E-state index contributed by atoms with van der Waals surface area (Å²) in [6, 6.07) is 7.14. The predicted octanol–water partition coefficient (Wildman–Crippen LogP) is 2.93. The monoisotopic (exact) mass is 399 g/mol. The van der Waals surface area contributed by atoms with Gasteiger partial charge in [0.25, 0.3) is 5.91 Å². The van der Waals surface area contributed by atoms with Crippen LogP contribution in [0.2, 0.25) is 0 Å². The highest BCUT2D eigenvalue weighted by Crippen LogP contribution is 2.28. The quantitative estimate of drug-likeness (QED) is 0.720. The third-order valence-corrected chi connectivity index (χ3v) is 5.23. The number of piperazine rings is 1. The molecule has 1 fully saturated rings. The molecule has 7 heteroatoms. The van der Waals surface area contributed by atoms with E-state index in [0.717, 1.165) is 5.75 Å². The highest BCUT2D eigenvalue weighted by molar-refractivity contribution is 5.98. The molecule has 3 rings (SSSR count). The summed E-state index contributed by atoms with van der Waals surface area (Å²) in [7, 11) is 1.60. The Labute approximate surface area is 171 Å². The molecule has 0 saturated carbocycles. The van der Waals surface area contributed by atoms with Crippen LogP contribution in [-0.2, 0) is 5.41 Å². The average Bonchev–Trinajstić information content (AvgIpc) is 3.10. The lowest BCUT2D eigenvalue weighted by Gasteiger charge is -2.34. The first-order valence-corrected chi connectivity index (χ1v) is 9.86. The lowest BCUT2D eigenvalue weighted by molar-refractivity contribution is 0.0621. The van der Waals surface area contributed by atoms with Gasteiger partial charge in [0.2, 0.25) is 0 Å². The number of carbonyl (C=O) groups excluding carboxylic acids is 2. The van der Waals surface area contributed by atoms with Gasteiger partial charge in [0.1, 0.15) is 22.8 Å². The maximum absolute atomic E-state index is 13.1. The second-order valence-corrected chi connectivity index (χ2v) is 8.43. The molecular formula is C22H29N3O4. The van der Waals surface area contributed by atoms with Crippen LogP contribution < -0.4 is 4.74 Å². The number of hydrogen-bond acceptors (Lipinski definition) is 6. The van der Waals surface area contributed by atoms with Crippen molar-refractivity contribution >= 4 is 11.7 Å². The van der Waals surface area contributed by atoms with E-state index in [2.05, 4.69) is 10.1 Å². The molecule has 1 aromatic carbocycles. The summed E-state index contributed by atoms with van der Waals surface area (Å²) in [5, 5.41) is 4.12. The van der Waals surface area contributed by atoms with Gasteiger partial charge in [-0.05, 0) is 31.2 Å². The number of hydrogen-bond donors (Lipinski definition) is 0. The number of aromatic nitrogens is 1. The van der Waals surface area contributed by atoms with Crippen molar-refractivity contribution in [3.63, 3.8) is 0 Å². The molecule has 29 heavy (non-hydrogen) atoms. The van der Waals surface area contributed by atoms with Gasteiger partial charge in [-0.2, -0.15) is 0 Å². The number of carbonyl (C=O) groups is 2. The average molecular weight is 399 g/mol. The molecular weight excluding hydrogens is 370 g/mol. The number of ether oxygens (including phenoxy) is 1. The third kappa shape index (κ3) is 4.67. The van der Waals surface area contributed by atoms with Crippen LogP contribution in [0.5, 0.6) is 5.75 Å². The van der Waals surface area contributed by atoms with Gasteiger partial charge < -0.3 is 14.2 Å². The molecule has 2 heterocycles. The molecule has 1 aliphatic rings. The third-order valence-electron chi connectivity index (χ3n) is 5.23. The highest BCUT2D eigenvalue weighted by Gasteiger charge is 2.32. The van der Waals surface area contributed by atoms with Gasteiger partial charge in [-0.25, -0.2) is 0 Å². The lowest BCUT2D eigenvalue weighted by atomic mass is 9.88. The first-order chi connectivity index (χ1) is 13.7. The van der Waals surface area contributed by atoms with Gasteiger partial charge >= 0.3 is 0 Å². The number of ketones is 1. The van der Waals surface area contributed by atoms with E-state index in [0.29, 0.717) is 55.3 Å². The van der Waals surface area contributed by atoms with E-state index in [9.17, 15) is 9.59 Å². The minimum Gasteiger partial charge on any atom is -0.497 e. The first kappa shape index (κ1) is 21.0. The summed E-state index contributed by atoms with van der Waals surface area (Å²) >= 11 is 0. The Kier molecular flexibility index (Phi) is 6.07. The maximum Gasteiger partial charge on any atom is 0.259 e. The van der Waals surface area contributed by atoms with Crippen LogP contribution in [0, 0.1) is 6.92 Å². The van der Waals surface area contributed by atoms with Crippen molar-refractivity contribution in [1.82, 2.24) is 15.0 Å². The second kappa shape index (κ2) is 8.37. The smallest absolute Gasteiger partial charge is 0.259 e. The van der Waals surface area contributed by atoms with Crippen LogP contribution in [0.25, 0.3) is 0 Å². The van der Waals surface area contributed by atoms with Gasteiger partial charge in [-0.3, -0.25) is 14.5 Å². The van der Waals surface area contributed by atoms with Crippen LogP contribution >= 0.6 is 0 Å². The fourth-order valence-corrected chi connectivity index (χ4v) is 3.47. The molecule has 1 aromatic heterocycles. The fourth-order valence-electron chi connectivity index (χ4n) is 3.47. The molecule has 0 bridgehead atoms. The Morgan fingerprint density at radius 1 is 1.10 bits per heavy atom. The molecule has 0 unspecified atom stereocenters. The molecule has 7 nitrogen and oxygen atoms in total. The summed E-state index contributed by atoms with van der Waals surface area (Å²) < 4.78 is 10.4. The minimum absolute atomic E-state index is 0.0465. The maximum atomic E-state index is 13.1. The first-order valence-electron chi connectivity index (χ1n) is 9.86. The molecule has 1 saturated heterocycles. The van der Waals surface area contributed by atoms with E-state index in [-0.39, 0.29) is 17.1 Å². The van der Waals surface area contributed by atoms with Gasteiger partial charge in [0, 0.05) is 37.2 Å². The standard InChI is InChI=1S/C22H29N3O4/c1-15-19(20(23-29-15)22(2,3)4)21(27)25-12-10-24(11-13-25)14-18(26)16-6-8-17(28-5)9-7-16/h6-9H,10-14H2,1-5H3. The Balaban J connectivity index is 1.60. The highest BCUT2D eigenvalue weighted by atomic mass is 16.5. The van der Waals surface area contributed by atoms with Crippen LogP contribution in [0.15, 0.2) is 28.8 Å². The lowest BCUT2D eigenvalue weighted by Crippen LogP contribution is -2.50. The van der Waals surface area contributed by atoms with Crippen LogP contribution in [-0.4, -0.2) is 66.5 Å². The number of rotatable bonds is 5. The number of benzene rings is 1. The van der Waals surface area contributed by atoms with Crippen molar-refractivity contribution in [1.29, 1.82) is 0 Å². The summed E-state index contributed by atoms with van der Waals surface area (Å²) in [6.45, 7) is 10.6. The topological polar surface area (TPSA) is 75.9 Å². The normalized spacial score (nSPS) is 15.4. The SMILES string of the molecule is COc1ccc(C(=O)CN2CCN(C(=O)c3c(C(C)(C)C)noc3C)CC2)cc1. The van der Waals surface area contributed by atoms with Crippen molar-refractivity contribution in [3.05, 3.63) is 46.8 Å². The number of amides is 1. The van der Waals surface area contributed by atoms with E-state index < -0.39 is 0 Å². The number of Topliss-reactive ketones (excluding diaryl/α,β-unsaturated/α-hetero) is 1. The van der Waals surface area contributed by atoms with Crippen LogP contribution in [0.3, 0.4) is 0 Å². The molecule has 1 amide bonds. The molecule has 0 atom stereocenters. The molecule has 0 spiro atoms. The predicted molar refractivity (Wildman–Crippen MR) is 110 cm³/mol. The van der Waals surface area contributed by atoms with Crippen molar-refractivity contribution in [3.8, 4) is 5.75 Å². The van der Waals surface area contributed by atoms with Crippen molar-refractivity contribution in [2.45, 2.75) is 33.1 Å². The summed E-state index contributed by atoms with van der Waals surface area (Å²) in [6.07, 6.45) is 0. The fraction of sp³-hybridized carbons (Fsp3) is 0.500. The van der Waals surface area contributed by atoms with Gasteiger partial charge in [0.05, 0.1) is 13.7 Å². The van der Waals surface area contributed by atoms with Gasteiger partial charge in [0.15, 0.2) is 5.78 Å². The molecule has 2 aromatic rings. The Hall–Kier alpha value is -2.67. The largest absolute Gasteiger partial charge is 0.497 e. The zero-order chi connectivity index (χ0) is 21.2. The van der Waals surface area contributed by atoms with E-state index in [1.54, 1.807) is 38.3 Å². The number of aryl methyl sites for hydroxylation is 1. The van der Waals surface area contributed by atoms with E-state index >= 15 is 0 Å². The van der Waals surface area contributed by atoms with Crippen LogP contribution in [0.1, 0.15) is 52.9 Å². The molecule has 0 radical (unpaired) electrons. The van der Waals surface area contributed by atoms with Crippen LogP contribution in [0.4, 0.5) is 0 Å². The van der Waals surface area contributed by atoms with Crippen molar-refractivity contribution < 1.29 is 18.8 Å². The molecule has 0 aliphatic carbocycles.